The summed E-state index contributed by atoms with van der Waals surface area (Å²) < 4.78 is 10.7. The van der Waals surface area contributed by atoms with Crippen molar-refractivity contribution in [1.82, 2.24) is 4.90 Å². The molecule has 0 aromatic carbocycles. The third-order valence-corrected chi connectivity index (χ3v) is 5.53. The van der Waals surface area contributed by atoms with Gasteiger partial charge in [-0.1, -0.05) is 0 Å². The van der Waals surface area contributed by atoms with Gasteiger partial charge in [-0.15, -0.1) is 11.3 Å². The average molecular weight is 433 g/mol. The molecule has 7 nitrogen and oxygen atoms in total. The maximum Gasteiger partial charge on any atom is 0.341 e. The molecular formula is C22H28N2O5S. The molecule has 30 heavy (non-hydrogen) atoms. The molecule has 0 aliphatic heterocycles. The van der Waals surface area contributed by atoms with E-state index in [1.54, 1.807) is 37.8 Å². The molecule has 2 aromatic rings. The van der Waals surface area contributed by atoms with Crippen LogP contribution in [-0.2, 0) is 9.53 Å². The van der Waals surface area contributed by atoms with Crippen molar-refractivity contribution in [3.8, 4) is 0 Å². The van der Waals surface area contributed by atoms with Crippen molar-refractivity contribution in [3.63, 3.8) is 0 Å². The van der Waals surface area contributed by atoms with Crippen LogP contribution in [0.2, 0.25) is 0 Å². The van der Waals surface area contributed by atoms with Crippen LogP contribution in [-0.4, -0.2) is 41.9 Å². The zero-order valence-electron chi connectivity index (χ0n) is 18.2. The minimum atomic E-state index is -0.571. The van der Waals surface area contributed by atoms with Gasteiger partial charge in [0.1, 0.15) is 16.5 Å². The number of hydrogen-bond donors (Lipinski definition) is 1. The van der Waals surface area contributed by atoms with Gasteiger partial charge in [0, 0.05) is 19.2 Å². The van der Waals surface area contributed by atoms with Crippen LogP contribution in [0.25, 0.3) is 6.08 Å². The lowest BCUT2D eigenvalue weighted by Crippen LogP contribution is -2.30. The van der Waals surface area contributed by atoms with E-state index < -0.39 is 11.9 Å². The fourth-order valence-electron chi connectivity index (χ4n) is 2.83. The smallest absolute Gasteiger partial charge is 0.341 e. The van der Waals surface area contributed by atoms with Crippen molar-refractivity contribution >= 4 is 40.2 Å². The summed E-state index contributed by atoms with van der Waals surface area (Å²) in [6.07, 6.45) is 2.53. The van der Waals surface area contributed by atoms with E-state index in [-0.39, 0.29) is 17.6 Å². The molecule has 2 heterocycles. The number of esters is 1. The third kappa shape index (κ3) is 5.60. The average Bonchev–Trinajstić information content (AvgIpc) is 3.23. The highest BCUT2D eigenvalue weighted by atomic mass is 32.1. The van der Waals surface area contributed by atoms with Gasteiger partial charge in [-0.25, -0.2) is 4.79 Å². The highest BCUT2D eigenvalue weighted by Crippen LogP contribution is 2.35. The number of hydrogen-bond acceptors (Lipinski definition) is 6. The van der Waals surface area contributed by atoms with Gasteiger partial charge in [0.15, 0.2) is 0 Å². The number of ether oxygens (including phenoxy) is 1. The summed E-state index contributed by atoms with van der Waals surface area (Å²) in [6, 6.07) is 3.55. The summed E-state index contributed by atoms with van der Waals surface area (Å²) in [5.41, 5.74) is 0.711. The second-order valence-corrected chi connectivity index (χ2v) is 7.98. The van der Waals surface area contributed by atoms with Crippen LogP contribution in [0.1, 0.15) is 64.8 Å². The lowest BCUT2D eigenvalue weighted by molar-refractivity contribution is -0.111. The molecular weight excluding hydrogens is 404 g/mol. The highest BCUT2D eigenvalue weighted by Gasteiger charge is 2.28. The number of aryl methyl sites for hydroxylation is 1. The zero-order valence-corrected chi connectivity index (χ0v) is 19.0. The molecule has 0 fully saturated rings. The first kappa shape index (κ1) is 23.4. The normalized spacial score (nSPS) is 11.2. The first-order valence-corrected chi connectivity index (χ1v) is 10.7. The molecule has 162 valence electrons. The Morgan fingerprint density at radius 1 is 1.20 bits per heavy atom. The zero-order chi connectivity index (χ0) is 22.4. The summed E-state index contributed by atoms with van der Waals surface area (Å²) >= 11 is 1.08. The number of carbonyl (C=O) groups excluding carboxylic acids is 3. The van der Waals surface area contributed by atoms with E-state index in [0.29, 0.717) is 34.3 Å². The van der Waals surface area contributed by atoms with Crippen LogP contribution >= 0.6 is 11.3 Å². The number of amides is 2. The minimum Gasteiger partial charge on any atom is -0.462 e. The SMILES string of the molecule is CCN(CC)C(=O)c1sc(NC(=O)C=Cc2ccc(C)o2)c(C(=O)OC(C)C)c1C. The molecule has 8 heteroatoms. The van der Waals surface area contributed by atoms with Crippen LogP contribution < -0.4 is 5.32 Å². The molecule has 2 aromatic heterocycles. The van der Waals surface area contributed by atoms with Crippen molar-refractivity contribution in [3.05, 3.63) is 45.7 Å². The van der Waals surface area contributed by atoms with Gasteiger partial charge in [0.2, 0.25) is 5.91 Å². The molecule has 1 N–H and O–H groups in total. The maximum absolute atomic E-state index is 12.9. The first-order chi connectivity index (χ1) is 14.2. The quantitative estimate of drug-likeness (QED) is 0.484. The Balaban J connectivity index is 2.36. The van der Waals surface area contributed by atoms with Crippen LogP contribution in [0.15, 0.2) is 22.6 Å². The van der Waals surface area contributed by atoms with Crippen LogP contribution in [0.4, 0.5) is 5.00 Å². The Kier molecular flexibility index (Phi) is 8.00. The van der Waals surface area contributed by atoms with Crippen LogP contribution in [0.5, 0.6) is 0 Å². The predicted molar refractivity (Wildman–Crippen MR) is 118 cm³/mol. The second kappa shape index (κ2) is 10.2. The monoisotopic (exact) mass is 432 g/mol. The lowest BCUT2D eigenvalue weighted by atomic mass is 10.1. The summed E-state index contributed by atoms with van der Waals surface area (Å²) in [5, 5.41) is 3.00. The highest BCUT2D eigenvalue weighted by molar-refractivity contribution is 7.18. The van der Waals surface area contributed by atoms with Crippen molar-refractivity contribution in [1.29, 1.82) is 0 Å². The fraction of sp³-hybridized carbons (Fsp3) is 0.409. The molecule has 0 unspecified atom stereocenters. The Bertz CT molecular complexity index is 951. The molecule has 0 atom stereocenters. The van der Waals surface area contributed by atoms with E-state index in [9.17, 15) is 14.4 Å². The molecule has 0 radical (unpaired) electrons. The number of rotatable bonds is 8. The van der Waals surface area contributed by atoms with Gasteiger partial charge in [-0.3, -0.25) is 9.59 Å². The van der Waals surface area contributed by atoms with E-state index in [1.807, 2.05) is 20.8 Å². The van der Waals surface area contributed by atoms with Crippen molar-refractivity contribution in [2.75, 3.05) is 18.4 Å². The minimum absolute atomic E-state index is 0.178. The molecule has 0 saturated heterocycles. The van der Waals surface area contributed by atoms with E-state index in [0.717, 1.165) is 17.1 Å². The van der Waals surface area contributed by atoms with Gasteiger partial charge in [-0.05, 0) is 65.3 Å². The lowest BCUT2D eigenvalue weighted by Gasteiger charge is -2.18. The third-order valence-electron chi connectivity index (χ3n) is 4.34. The summed E-state index contributed by atoms with van der Waals surface area (Å²) in [7, 11) is 0. The maximum atomic E-state index is 12.9. The van der Waals surface area contributed by atoms with Crippen LogP contribution in [0.3, 0.4) is 0 Å². The van der Waals surface area contributed by atoms with Gasteiger partial charge in [0.05, 0.1) is 16.5 Å². The topological polar surface area (TPSA) is 88.9 Å². The number of anilines is 1. The molecule has 0 saturated carbocycles. The fourth-order valence-corrected chi connectivity index (χ4v) is 4.00. The molecule has 0 aliphatic carbocycles. The summed E-state index contributed by atoms with van der Waals surface area (Å²) in [6.45, 7) is 11.9. The largest absolute Gasteiger partial charge is 0.462 e. The van der Waals surface area contributed by atoms with Gasteiger partial charge >= 0.3 is 5.97 Å². The Morgan fingerprint density at radius 3 is 2.40 bits per heavy atom. The number of nitrogens with zero attached hydrogens (tertiary/aromatic N) is 1. The second-order valence-electron chi connectivity index (χ2n) is 6.96. The van der Waals surface area contributed by atoms with E-state index in [2.05, 4.69) is 5.32 Å². The first-order valence-electron chi connectivity index (χ1n) is 9.87. The van der Waals surface area contributed by atoms with Gasteiger partial charge in [0.25, 0.3) is 5.91 Å². The van der Waals surface area contributed by atoms with Crippen molar-refractivity contribution in [2.24, 2.45) is 0 Å². The molecule has 2 amide bonds. The number of nitrogens with one attached hydrogen (secondary N) is 1. The molecule has 2 rings (SSSR count). The van der Waals surface area contributed by atoms with E-state index in [4.69, 9.17) is 9.15 Å². The predicted octanol–water partition coefficient (Wildman–Crippen LogP) is 4.66. The van der Waals surface area contributed by atoms with Crippen molar-refractivity contribution < 1.29 is 23.5 Å². The molecule has 0 spiro atoms. The summed E-state index contributed by atoms with van der Waals surface area (Å²) in [4.78, 5) is 40.1. The standard InChI is InChI=1S/C22H28N2O5S/c1-7-24(8-2)21(26)19-15(6)18(22(27)28-13(3)4)20(30-19)23-17(25)12-11-16-10-9-14(5)29-16/h9-13H,7-8H2,1-6H3,(H,23,25). The Labute approximate surface area is 180 Å². The van der Waals surface area contributed by atoms with Crippen molar-refractivity contribution in [2.45, 2.75) is 47.6 Å². The van der Waals surface area contributed by atoms with Gasteiger partial charge in [-0.2, -0.15) is 0 Å². The summed E-state index contributed by atoms with van der Waals surface area (Å²) in [5.74, 6) is 0.0938. The molecule has 0 bridgehead atoms. The Hall–Kier alpha value is -2.87. The number of furan rings is 1. The van der Waals surface area contributed by atoms with E-state index in [1.165, 1.54) is 12.2 Å². The molecule has 0 aliphatic rings. The van der Waals surface area contributed by atoms with E-state index >= 15 is 0 Å². The number of carbonyl (C=O) groups is 3. The number of thiophene rings is 1. The Morgan fingerprint density at radius 2 is 1.87 bits per heavy atom. The van der Waals surface area contributed by atoms with Gasteiger partial charge < -0.3 is 19.4 Å². The van der Waals surface area contributed by atoms with Crippen LogP contribution in [0, 0.1) is 13.8 Å².